The van der Waals surface area contributed by atoms with Crippen molar-refractivity contribution in [3.05, 3.63) is 30.2 Å². The number of carboxylic acids is 1. The number of anilines is 1. The molecule has 3 rings (SSSR count). The van der Waals surface area contributed by atoms with Crippen LogP contribution in [0.4, 0.5) is 23.7 Å². The molecule has 0 radical (unpaired) electrons. The summed E-state index contributed by atoms with van der Waals surface area (Å²) in [6, 6.07) is 5.37. The molecule has 1 aromatic carbocycles. The predicted octanol–water partition coefficient (Wildman–Crippen LogP) is 3.52. The van der Waals surface area contributed by atoms with Crippen LogP contribution in [0.3, 0.4) is 0 Å². The number of aliphatic carboxylic acids is 1. The Kier molecular flexibility index (Phi) is 5.52. The third-order valence-electron chi connectivity index (χ3n) is 4.48. The van der Waals surface area contributed by atoms with Crippen LogP contribution >= 0.6 is 0 Å². The first-order valence-electron chi connectivity index (χ1n) is 8.54. The monoisotopic (exact) mass is 398 g/mol. The molecular weight excluding hydrogens is 381 g/mol. The molecule has 0 atom stereocenters. The molecular formula is C17H17F3N4O4. The minimum atomic E-state index is -4.71. The number of benzene rings is 1. The Bertz CT molecular complexity index is 843. The lowest BCUT2D eigenvalue weighted by atomic mass is 9.86. The molecule has 0 bridgehead atoms. The highest BCUT2D eigenvalue weighted by Crippen LogP contribution is 2.29. The van der Waals surface area contributed by atoms with Crippen molar-refractivity contribution in [3.8, 4) is 11.4 Å². The van der Waals surface area contributed by atoms with Crippen LogP contribution in [0.2, 0.25) is 0 Å². The zero-order valence-electron chi connectivity index (χ0n) is 14.5. The number of hydrogen-bond acceptors (Lipinski definition) is 5. The minimum absolute atomic E-state index is 0.102. The van der Waals surface area contributed by atoms with Gasteiger partial charge in [0.1, 0.15) is 0 Å². The van der Waals surface area contributed by atoms with E-state index in [1.165, 1.54) is 24.3 Å². The average Bonchev–Trinajstić information content (AvgIpc) is 3.13. The Morgan fingerprint density at radius 3 is 2.29 bits per heavy atom. The van der Waals surface area contributed by atoms with E-state index >= 15 is 0 Å². The summed E-state index contributed by atoms with van der Waals surface area (Å²) >= 11 is 0. The molecule has 2 aromatic rings. The van der Waals surface area contributed by atoms with E-state index in [0.29, 0.717) is 36.9 Å². The number of carbonyl (C=O) groups excluding carboxylic acids is 1. The van der Waals surface area contributed by atoms with Gasteiger partial charge in [0, 0.05) is 17.3 Å². The highest BCUT2D eigenvalue weighted by Gasteiger charge is 2.38. The summed E-state index contributed by atoms with van der Waals surface area (Å²) in [5, 5.41) is 17.7. The summed E-state index contributed by atoms with van der Waals surface area (Å²) in [5.41, 5.74) is 0.734. The summed E-state index contributed by atoms with van der Waals surface area (Å²) in [7, 11) is 0. The lowest BCUT2D eigenvalue weighted by Gasteiger charge is -2.26. The fourth-order valence-electron chi connectivity index (χ4n) is 3.00. The van der Waals surface area contributed by atoms with Gasteiger partial charge < -0.3 is 20.3 Å². The van der Waals surface area contributed by atoms with Crippen molar-refractivity contribution in [1.29, 1.82) is 0 Å². The molecule has 0 saturated heterocycles. The number of urea groups is 1. The van der Waals surface area contributed by atoms with Crippen molar-refractivity contribution >= 4 is 17.7 Å². The number of nitrogens with one attached hydrogen (secondary N) is 2. The second-order valence-corrected chi connectivity index (χ2v) is 6.48. The number of halogens is 3. The quantitative estimate of drug-likeness (QED) is 0.725. The Balaban J connectivity index is 1.53. The summed E-state index contributed by atoms with van der Waals surface area (Å²) in [6.07, 6.45) is -2.51. The van der Waals surface area contributed by atoms with E-state index in [2.05, 4.69) is 25.3 Å². The van der Waals surface area contributed by atoms with E-state index in [1.54, 1.807) is 0 Å². The molecule has 1 heterocycles. The lowest BCUT2D eigenvalue weighted by molar-refractivity contribution is -0.159. The summed E-state index contributed by atoms with van der Waals surface area (Å²) in [6.45, 7) is 0. The molecule has 150 valence electrons. The van der Waals surface area contributed by atoms with Gasteiger partial charge in [-0.1, -0.05) is 5.16 Å². The van der Waals surface area contributed by atoms with Crippen molar-refractivity contribution in [2.75, 3.05) is 5.32 Å². The van der Waals surface area contributed by atoms with E-state index in [0.717, 1.165) is 0 Å². The third-order valence-corrected chi connectivity index (χ3v) is 4.48. The molecule has 1 aliphatic carbocycles. The third kappa shape index (κ3) is 4.78. The molecule has 1 aliphatic rings. The maximum atomic E-state index is 12.5. The van der Waals surface area contributed by atoms with Crippen LogP contribution in [-0.2, 0) is 11.0 Å². The number of alkyl halides is 3. The van der Waals surface area contributed by atoms with E-state index in [4.69, 9.17) is 5.11 Å². The Morgan fingerprint density at radius 1 is 1.11 bits per heavy atom. The number of carboxylic acid groups (broad SMARTS) is 1. The van der Waals surface area contributed by atoms with Gasteiger partial charge in [-0.3, -0.25) is 4.79 Å². The van der Waals surface area contributed by atoms with E-state index in [-0.39, 0.29) is 17.8 Å². The molecule has 1 aromatic heterocycles. The number of nitrogens with zero attached hydrogens (tertiary/aromatic N) is 2. The smallest absolute Gasteiger partial charge is 0.471 e. The number of hydrogen-bond donors (Lipinski definition) is 3. The second kappa shape index (κ2) is 7.87. The van der Waals surface area contributed by atoms with Crippen LogP contribution in [0.15, 0.2) is 28.8 Å². The van der Waals surface area contributed by atoms with Gasteiger partial charge in [0.2, 0.25) is 5.82 Å². The molecule has 1 fully saturated rings. The van der Waals surface area contributed by atoms with Crippen molar-refractivity contribution in [1.82, 2.24) is 15.5 Å². The number of amides is 2. The largest absolute Gasteiger partial charge is 0.481 e. The molecule has 0 spiro atoms. The van der Waals surface area contributed by atoms with Gasteiger partial charge in [0.25, 0.3) is 0 Å². The maximum Gasteiger partial charge on any atom is 0.471 e. The van der Waals surface area contributed by atoms with Gasteiger partial charge in [-0.25, -0.2) is 4.79 Å². The SMILES string of the molecule is O=C(Nc1ccc(-c2noc(C(F)(F)F)n2)cc1)NC1CCC(C(=O)O)CC1. The van der Waals surface area contributed by atoms with Crippen molar-refractivity contribution in [3.63, 3.8) is 0 Å². The van der Waals surface area contributed by atoms with Gasteiger partial charge >= 0.3 is 24.1 Å². The molecule has 0 unspecified atom stereocenters. The standard InChI is InChI=1S/C17H17F3N4O4/c18-17(19,20)15-23-13(24-28-15)9-1-5-11(6-2-9)21-16(27)22-12-7-3-10(4-8-12)14(25)26/h1-2,5-6,10,12H,3-4,7-8H2,(H,25,26)(H2,21,22,27). The molecule has 1 saturated carbocycles. The fraction of sp³-hybridized carbons (Fsp3) is 0.412. The average molecular weight is 398 g/mol. The lowest BCUT2D eigenvalue weighted by Crippen LogP contribution is -2.40. The molecule has 28 heavy (non-hydrogen) atoms. The number of carbonyl (C=O) groups is 2. The van der Waals surface area contributed by atoms with Crippen molar-refractivity contribution in [2.45, 2.75) is 37.9 Å². The first-order valence-corrected chi connectivity index (χ1v) is 8.54. The van der Waals surface area contributed by atoms with Crippen molar-refractivity contribution < 1.29 is 32.4 Å². The fourth-order valence-corrected chi connectivity index (χ4v) is 3.00. The Hall–Kier alpha value is -3.11. The highest BCUT2D eigenvalue weighted by molar-refractivity contribution is 5.89. The first-order chi connectivity index (χ1) is 13.2. The molecule has 0 aliphatic heterocycles. The topological polar surface area (TPSA) is 117 Å². The van der Waals surface area contributed by atoms with E-state index in [9.17, 15) is 22.8 Å². The zero-order chi connectivity index (χ0) is 20.3. The second-order valence-electron chi connectivity index (χ2n) is 6.48. The van der Waals surface area contributed by atoms with E-state index < -0.39 is 24.1 Å². The van der Waals surface area contributed by atoms with Crippen LogP contribution in [0, 0.1) is 5.92 Å². The van der Waals surface area contributed by atoms with Crippen LogP contribution in [0.5, 0.6) is 0 Å². The van der Waals surface area contributed by atoms with Crippen molar-refractivity contribution in [2.24, 2.45) is 5.92 Å². The summed E-state index contributed by atoms with van der Waals surface area (Å²) in [4.78, 5) is 26.3. The van der Waals surface area contributed by atoms with Gasteiger partial charge in [0.15, 0.2) is 0 Å². The molecule has 11 heteroatoms. The van der Waals surface area contributed by atoms with E-state index in [1.807, 2.05) is 0 Å². The van der Waals surface area contributed by atoms with Gasteiger partial charge in [-0.15, -0.1) is 0 Å². The molecule has 2 amide bonds. The number of aromatic nitrogens is 2. The summed E-state index contributed by atoms with van der Waals surface area (Å²) in [5.74, 6) is -2.82. The van der Waals surface area contributed by atoms with Gasteiger partial charge in [-0.2, -0.15) is 18.2 Å². The minimum Gasteiger partial charge on any atom is -0.481 e. The normalized spacial score (nSPS) is 19.8. The Morgan fingerprint density at radius 2 is 1.75 bits per heavy atom. The van der Waals surface area contributed by atoms with Gasteiger partial charge in [0.05, 0.1) is 5.92 Å². The predicted molar refractivity (Wildman–Crippen MR) is 90.3 cm³/mol. The van der Waals surface area contributed by atoms with Crippen LogP contribution < -0.4 is 10.6 Å². The van der Waals surface area contributed by atoms with Crippen LogP contribution in [0.1, 0.15) is 31.6 Å². The number of rotatable bonds is 4. The van der Waals surface area contributed by atoms with Crippen LogP contribution in [0.25, 0.3) is 11.4 Å². The Labute approximate surface area is 157 Å². The van der Waals surface area contributed by atoms with Crippen LogP contribution in [-0.4, -0.2) is 33.3 Å². The molecule has 3 N–H and O–H groups in total. The summed E-state index contributed by atoms with van der Waals surface area (Å²) < 4.78 is 41.7. The zero-order valence-corrected chi connectivity index (χ0v) is 14.5. The first kappa shape index (κ1) is 19.6. The maximum absolute atomic E-state index is 12.5. The van der Waals surface area contributed by atoms with Gasteiger partial charge in [-0.05, 0) is 49.9 Å². The molecule has 8 nitrogen and oxygen atoms in total. The highest BCUT2D eigenvalue weighted by atomic mass is 19.4.